The average molecular weight is 404 g/mol. The van der Waals surface area contributed by atoms with Gasteiger partial charge >= 0.3 is 0 Å². The van der Waals surface area contributed by atoms with E-state index >= 15 is 0 Å². The number of benzene rings is 1. The van der Waals surface area contributed by atoms with Crippen LogP contribution in [-0.4, -0.2) is 60.8 Å². The van der Waals surface area contributed by atoms with Crippen LogP contribution in [0.4, 0.5) is 5.82 Å². The largest absolute Gasteiger partial charge is 0.497 e. The highest BCUT2D eigenvalue weighted by Gasteiger charge is 2.40. The number of sulfonamides is 1. The molecule has 1 fully saturated rings. The Morgan fingerprint density at radius 2 is 1.93 bits per heavy atom. The van der Waals surface area contributed by atoms with Gasteiger partial charge in [-0.1, -0.05) is 6.07 Å². The monoisotopic (exact) mass is 404 g/mol. The van der Waals surface area contributed by atoms with E-state index in [4.69, 9.17) is 10.5 Å². The number of rotatable bonds is 4. The van der Waals surface area contributed by atoms with Gasteiger partial charge in [-0.2, -0.15) is 4.31 Å². The average Bonchev–Trinajstić information content (AvgIpc) is 2.70. The zero-order chi connectivity index (χ0) is 20.5. The molecule has 0 aliphatic carbocycles. The Hall–Kier alpha value is -2.65. The lowest BCUT2D eigenvalue weighted by molar-refractivity contribution is 0.0482. The quantitative estimate of drug-likeness (QED) is 0.830. The van der Waals surface area contributed by atoms with E-state index in [9.17, 15) is 13.2 Å². The van der Waals surface area contributed by atoms with Gasteiger partial charge in [-0.25, -0.2) is 13.4 Å². The van der Waals surface area contributed by atoms with Crippen LogP contribution < -0.4 is 10.5 Å². The number of nitrogens with zero attached hydrogens (tertiary/aromatic N) is 3. The summed E-state index contributed by atoms with van der Waals surface area (Å²) < 4.78 is 32.9. The second-order valence-electron chi connectivity index (χ2n) is 6.75. The molecule has 1 aromatic carbocycles. The van der Waals surface area contributed by atoms with Gasteiger partial charge in [0.05, 0.1) is 17.6 Å². The molecular formula is C19H24N4O4S. The van der Waals surface area contributed by atoms with Crippen molar-refractivity contribution in [3.05, 3.63) is 48.2 Å². The number of hydrogen-bond acceptors (Lipinski definition) is 6. The summed E-state index contributed by atoms with van der Waals surface area (Å²) in [5, 5.41) is 0. The van der Waals surface area contributed by atoms with Crippen molar-refractivity contribution in [1.29, 1.82) is 0 Å². The third-order valence-corrected chi connectivity index (χ3v) is 7.13. The van der Waals surface area contributed by atoms with Gasteiger partial charge in [0, 0.05) is 37.4 Å². The molecule has 9 heteroatoms. The van der Waals surface area contributed by atoms with Crippen molar-refractivity contribution < 1.29 is 17.9 Å². The van der Waals surface area contributed by atoms with Crippen molar-refractivity contribution in [2.45, 2.75) is 30.8 Å². The summed E-state index contributed by atoms with van der Waals surface area (Å²) >= 11 is 0. The molecule has 8 nitrogen and oxygen atoms in total. The fraction of sp³-hybridized carbons (Fsp3) is 0.368. The van der Waals surface area contributed by atoms with Crippen LogP contribution in [0.2, 0.25) is 0 Å². The van der Waals surface area contributed by atoms with Crippen LogP contribution in [0.1, 0.15) is 24.2 Å². The highest BCUT2D eigenvalue weighted by atomic mass is 32.2. The number of hydrogen-bond donors (Lipinski definition) is 1. The molecule has 1 saturated heterocycles. The molecule has 1 aliphatic heterocycles. The van der Waals surface area contributed by atoms with Crippen molar-refractivity contribution in [2.75, 3.05) is 25.9 Å². The summed E-state index contributed by atoms with van der Waals surface area (Å²) in [5.41, 5.74) is 6.01. The summed E-state index contributed by atoms with van der Waals surface area (Å²) in [6.07, 6.45) is 1.44. The maximum Gasteiger partial charge on any atom is 0.255 e. The summed E-state index contributed by atoms with van der Waals surface area (Å²) in [6.45, 7) is 4.15. The molecule has 1 amide bonds. The first-order valence-electron chi connectivity index (χ1n) is 8.94. The predicted molar refractivity (Wildman–Crippen MR) is 105 cm³/mol. The SMILES string of the molecule is COc1cccc(S(=O)(=O)N2CCN(C(=O)c3ccc(N)nc3)[C@@H](C)[C@H]2C)c1. The molecule has 0 bridgehead atoms. The number of pyridine rings is 1. The van der Waals surface area contributed by atoms with Gasteiger partial charge in [0.15, 0.2) is 0 Å². The van der Waals surface area contributed by atoms with Crippen molar-refractivity contribution in [3.8, 4) is 5.75 Å². The van der Waals surface area contributed by atoms with Crippen LogP contribution in [0.3, 0.4) is 0 Å². The Balaban J connectivity index is 1.82. The van der Waals surface area contributed by atoms with Crippen molar-refractivity contribution >= 4 is 21.7 Å². The third kappa shape index (κ3) is 3.67. The minimum Gasteiger partial charge on any atom is -0.497 e. The van der Waals surface area contributed by atoms with Gasteiger partial charge in [-0.05, 0) is 38.1 Å². The molecule has 28 heavy (non-hydrogen) atoms. The van der Waals surface area contributed by atoms with Gasteiger partial charge < -0.3 is 15.4 Å². The Labute approximate surface area is 165 Å². The number of amides is 1. The van der Waals surface area contributed by atoms with E-state index in [1.807, 2.05) is 13.8 Å². The van der Waals surface area contributed by atoms with Gasteiger partial charge in [0.2, 0.25) is 10.0 Å². The van der Waals surface area contributed by atoms with Crippen LogP contribution in [0.25, 0.3) is 0 Å². The number of aromatic nitrogens is 1. The third-order valence-electron chi connectivity index (χ3n) is 5.15. The van der Waals surface area contributed by atoms with E-state index in [1.165, 1.54) is 23.7 Å². The molecule has 150 valence electrons. The summed E-state index contributed by atoms with van der Waals surface area (Å²) in [7, 11) is -2.22. The maximum absolute atomic E-state index is 13.1. The zero-order valence-corrected chi connectivity index (χ0v) is 16.9. The highest BCUT2D eigenvalue weighted by Crippen LogP contribution is 2.27. The number of ether oxygens (including phenoxy) is 1. The normalized spacial score (nSPS) is 20.8. The number of nitrogen functional groups attached to an aromatic ring is 1. The van der Waals surface area contributed by atoms with Gasteiger partial charge in [0.25, 0.3) is 5.91 Å². The Kier molecular flexibility index (Phi) is 5.57. The number of piperazine rings is 1. The van der Waals surface area contributed by atoms with E-state index in [1.54, 1.807) is 35.2 Å². The molecular weight excluding hydrogens is 380 g/mol. The number of carbonyl (C=O) groups excluding carboxylic acids is 1. The molecule has 0 unspecified atom stereocenters. The second-order valence-corrected chi connectivity index (χ2v) is 8.64. The summed E-state index contributed by atoms with van der Waals surface area (Å²) in [4.78, 5) is 18.6. The minimum absolute atomic E-state index is 0.174. The fourth-order valence-electron chi connectivity index (χ4n) is 3.33. The van der Waals surface area contributed by atoms with E-state index in [0.717, 1.165) is 0 Å². The van der Waals surface area contributed by atoms with Crippen LogP contribution in [0, 0.1) is 0 Å². The van der Waals surface area contributed by atoms with Gasteiger partial charge in [-0.15, -0.1) is 0 Å². The maximum atomic E-state index is 13.1. The Morgan fingerprint density at radius 1 is 1.18 bits per heavy atom. The predicted octanol–water partition coefficient (Wildman–Crippen LogP) is 1.60. The first kappa shape index (κ1) is 20.1. The van der Waals surface area contributed by atoms with Gasteiger partial charge in [-0.3, -0.25) is 4.79 Å². The van der Waals surface area contributed by atoms with E-state index in [-0.39, 0.29) is 29.9 Å². The Bertz CT molecular complexity index is 962. The Morgan fingerprint density at radius 3 is 2.57 bits per heavy atom. The van der Waals surface area contributed by atoms with Crippen molar-refractivity contribution in [1.82, 2.24) is 14.2 Å². The van der Waals surface area contributed by atoms with Crippen LogP contribution in [0.15, 0.2) is 47.5 Å². The molecule has 2 aromatic rings. The number of methoxy groups -OCH3 is 1. The fourth-order valence-corrected chi connectivity index (χ4v) is 5.06. The second kappa shape index (κ2) is 7.76. The number of anilines is 1. The lowest BCUT2D eigenvalue weighted by atomic mass is 10.1. The number of nitrogens with two attached hydrogens (primary N) is 1. The van der Waals surface area contributed by atoms with Crippen LogP contribution in [0.5, 0.6) is 5.75 Å². The number of carbonyl (C=O) groups is 1. The smallest absolute Gasteiger partial charge is 0.255 e. The lowest BCUT2D eigenvalue weighted by Crippen LogP contribution is -2.60. The van der Waals surface area contributed by atoms with Crippen molar-refractivity contribution in [3.63, 3.8) is 0 Å². The summed E-state index contributed by atoms with van der Waals surface area (Å²) in [6, 6.07) is 8.90. The standard InChI is InChI=1S/C19H24N4O4S/c1-13-14(2)23(28(25,26)17-6-4-5-16(11-17)27-3)10-9-22(13)19(24)15-7-8-18(20)21-12-15/h4-8,11-14H,9-10H2,1-3H3,(H2,20,21)/t13-,14+/m0/s1. The molecule has 1 aromatic heterocycles. The van der Waals surface area contributed by atoms with Crippen molar-refractivity contribution in [2.24, 2.45) is 0 Å². The zero-order valence-electron chi connectivity index (χ0n) is 16.1. The van der Waals surface area contributed by atoms with E-state index in [2.05, 4.69) is 4.98 Å². The van der Waals surface area contributed by atoms with Crippen LogP contribution in [-0.2, 0) is 10.0 Å². The molecule has 0 saturated carbocycles. The van der Waals surface area contributed by atoms with E-state index in [0.29, 0.717) is 17.1 Å². The minimum atomic E-state index is -3.71. The summed E-state index contributed by atoms with van der Waals surface area (Å²) in [5.74, 6) is 0.629. The van der Waals surface area contributed by atoms with E-state index < -0.39 is 16.1 Å². The molecule has 0 radical (unpaired) electrons. The van der Waals surface area contributed by atoms with Gasteiger partial charge in [0.1, 0.15) is 11.6 Å². The highest BCUT2D eigenvalue weighted by molar-refractivity contribution is 7.89. The molecule has 2 N–H and O–H groups in total. The molecule has 2 atom stereocenters. The lowest BCUT2D eigenvalue weighted by Gasteiger charge is -2.44. The van der Waals surface area contributed by atoms with Crippen LogP contribution >= 0.6 is 0 Å². The first-order valence-corrected chi connectivity index (χ1v) is 10.4. The first-order chi connectivity index (χ1) is 13.3. The molecule has 2 heterocycles. The molecule has 1 aliphatic rings. The molecule has 0 spiro atoms. The molecule has 3 rings (SSSR count). The topological polar surface area (TPSA) is 106 Å².